The standard InChI is InChI=1S/C22H40OSi/c1-21-14-7-9-18(21)17-12-11-16-8-6-10-20(23-24(3,4)5)22(16,2)19(17)13-15-21/h16-20H,6-15H2,1-5H3/t16-,17-,18-,19-,20-,21-,22-/m0/s1. The Morgan fingerprint density at radius 1 is 0.792 bits per heavy atom. The van der Waals surface area contributed by atoms with Crippen molar-refractivity contribution in [3.8, 4) is 0 Å². The Morgan fingerprint density at radius 3 is 2.33 bits per heavy atom. The number of fused-ring (bicyclic) bond motifs is 5. The molecule has 0 spiro atoms. The molecule has 2 heteroatoms. The van der Waals surface area contributed by atoms with Crippen molar-refractivity contribution in [2.75, 3.05) is 0 Å². The molecule has 4 saturated carbocycles. The lowest BCUT2D eigenvalue weighted by atomic mass is 9.45. The maximum Gasteiger partial charge on any atom is 0.184 e. The first-order valence-corrected chi connectivity index (χ1v) is 14.3. The zero-order valence-corrected chi connectivity index (χ0v) is 17.9. The van der Waals surface area contributed by atoms with E-state index in [-0.39, 0.29) is 0 Å². The molecule has 4 fully saturated rings. The van der Waals surface area contributed by atoms with Gasteiger partial charge >= 0.3 is 0 Å². The second-order valence-electron chi connectivity index (χ2n) is 11.3. The van der Waals surface area contributed by atoms with Crippen LogP contribution in [-0.4, -0.2) is 14.4 Å². The Bertz CT molecular complexity index is 483. The molecule has 0 saturated heterocycles. The van der Waals surface area contributed by atoms with E-state index in [1.165, 1.54) is 64.2 Å². The van der Waals surface area contributed by atoms with E-state index in [1.807, 2.05) is 0 Å². The van der Waals surface area contributed by atoms with Gasteiger partial charge in [0.25, 0.3) is 0 Å². The quantitative estimate of drug-likeness (QED) is 0.508. The summed E-state index contributed by atoms with van der Waals surface area (Å²) in [6, 6.07) is 0. The first-order chi connectivity index (χ1) is 11.2. The van der Waals surface area contributed by atoms with Crippen LogP contribution in [0.4, 0.5) is 0 Å². The normalized spacial score (nSPS) is 51.6. The fraction of sp³-hybridized carbons (Fsp3) is 1.00. The van der Waals surface area contributed by atoms with Gasteiger partial charge in [0, 0.05) is 0 Å². The Morgan fingerprint density at radius 2 is 1.58 bits per heavy atom. The fourth-order valence-electron chi connectivity index (χ4n) is 7.89. The first kappa shape index (κ1) is 17.6. The summed E-state index contributed by atoms with van der Waals surface area (Å²) in [5.74, 6) is 3.94. The molecule has 0 radical (unpaired) electrons. The smallest absolute Gasteiger partial charge is 0.184 e. The van der Waals surface area contributed by atoms with Crippen LogP contribution >= 0.6 is 0 Å². The van der Waals surface area contributed by atoms with Gasteiger partial charge in [-0.3, -0.25) is 0 Å². The van der Waals surface area contributed by atoms with Gasteiger partial charge in [0.2, 0.25) is 0 Å². The van der Waals surface area contributed by atoms with Crippen LogP contribution in [0.1, 0.15) is 78.1 Å². The van der Waals surface area contributed by atoms with Gasteiger partial charge in [-0.25, -0.2) is 0 Å². The Kier molecular flexibility index (Phi) is 4.28. The molecule has 24 heavy (non-hydrogen) atoms. The summed E-state index contributed by atoms with van der Waals surface area (Å²) in [4.78, 5) is 0. The van der Waals surface area contributed by atoms with Crippen LogP contribution in [0, 0.1) is 34.5 Å². The van der Waals surface area contributed by atoms with Crippen LogP contribution in [0.2, 0.25) is 19.6 Å². The monoisotopic (exact) mass is 348 g/mol. The van der Waals surface area contributed by atoms with Crippen LogP contribution in [0.15, 0.2) is 0 Å². The molecule has 1 nitrogen and oxygen atoms in total. The zero-order valence-electron chi connectivity index (χ0n) is 16.9. The van der Waals surface area contributed by atoms with Crippen LogP contribution in [-0.2, 0) is 4.43 Å². The summed E-state index contributed by atoms with van der Waals surface area (Å²) in [5.41, 5.74) is 1.17. The third kappa shape index (κ3) is 2.66. The van der Waals surface area contributed by atoms with Crippen molar-refractivity contribution in [1.82, 2.24) is 0 Å². The molecule has 4 rings (SSSR count). The molecule has 0 N–H and O–H groups in total. The summed E-state index contributed by atoms with van der Waals surface area (Å²) in [6.45, 7) is 12.5. The number of rotatable bonds is 2. The van der Waals surface area contributed by atoms with Crippen molar-refractivity contribution in [2.24, 2.45) is 34.5 Å². The fourth-order valence-corrected chi connectivity index (χ4v) is 9.12. The molecular formula is C22H40OSi. The second-order valence-corrected chi connectivity index (χ2v) is 15.7. The Balaban J connectivity index is 1.65. The molecular weight excluding hydrogens is 308 g/mol. The highest BCUT2D eigenvalue weighted by Crippen LogP contribution is 2.66. The maximum atomic E-state index is 6.88. The molecule has 0 aromatic carbocycles. The summed E-state index contributed by atoms with van der Waals surface area (Å²) >= 11 is 0. The maximum absolute atomic E-state index is 6.88. The van der Waals surface area contributed by atoms with Crippen molar-refractivity contribution in [3.63, 3.8) is 0 Å². The van der Waals surface area contributed by atoms with Crippen LogP contribution in [0.3, 0.4) is 0 Å². The second kappa shape index (κ2) is 5.84. The number of hydrogen-bond acceptors (Lipinski definition) is 1. The van der Waals surface area contributed by atoms with Gasteiger partial charge in [0.1, 0.15) is 0 Å². The molecule has 4 aliphatic rings. The molecule has 7 atom stereocenters. The van der Waals surface area contributed by atoms with Gasteiger partial charge in [-0.2, -0.15) is 0 Å². The third-order valence-corrected chi connectivity index (χ3v) is 9.95. The van der Waals surface area contributed by atoms with Crippen molar-refractivity contribution < 1.29 is 4.43 Å². The third-order valence-electron chi connectivity index (χ3n) is 8.95. The van der Waals surface area contributed by atoms with Gasteiger partial charge in [0.15, 0.2) is 8.32 Å². The summed E-state index contributed by atoms with van der Waals surface area (Å²) < 4.78 is 6.88. The predicted octanol–water partition coefficient (Wildman–Crippen LogP) is 6.64. The Labute approximate surface area is 151 Å². The van der Waals surface area contributed by atoms with Crippen molar-refractivity contribution >= 4 is 8.32 Å². The molecule has 0 bridgehead atoms. The van der Waals surface area contributed by atoms with Gasteiger partial charge < -0.3 is 4.43 Å². The van der Waals surface area contributed by atoms with E-state index < -0.39 is 8.32 Å². The van der Waals surface area contributed by atoms with Gasteiger partial charge in [-0.15, -0.1) is 0 Å². The average molecular weight is 349 g/mol. The van der Waals surface area contributed by atoms with E-state index in [9.17, 15) is 0 Å². The molecule has 0 aromatic rings. The topological polar surface area (TPSA) is 9.23 Å². The van der Waals surface area contributed by atoms with Crippen molar-refractivity contribution in [1.29, 1.82) is 0 Å². The lowest BCUT2D eigenvalue weighted by Gasteiger charge is -2.62. The molecule has 0 heterocycles. The van der Waals surface area contributed by atoms with Gasteiger partial charge in [0.05, 0.1) is 6.10 Å². The zero-order chi connectivity index (χ0) is 17.2. The lowest BCUT2D eigenvalue weighted by molar-refractivity contribution is -0.153. The SMILES string of the molecule is C[C@@]12CCC[C@H]1[C@@H]1CC[C@@H]3CCC[C@H](O[Si](C)(C)C)[C@]3(C)[C@H]1CC2. The largest absolute Gasteiger partial charge is 0.414 e. The highest BCUT2D eigenvalue weighted by Gasteiger charge is 2.60. The highest BCUT2D eigenvalue weighted by molar-refractivity contribution is 6.69. The van der Waals surface area contributed by atoms with E-state index in [2.05, 4.69) is 33.5 Å². The van der Waals surface area contributed by atoms with E-state index in [0.717, 1.165) is 23.7 Å². The van der Waals surface area contributed by atoms with Gasteiger partial charge in [-0.05, 0) is 106 Å². The molecule has 138 valence electrons. The highest BCUT2D eigenvalue weighted by atomic mass is 28.4. The Hall–Kier alpha value is 0.177. The summed E-state index contributed by atoms with van der Waals surface area (Å²) in [6.07, 6.45) is 15.3. The average Bonchev–Trinajstić information content (AvgIpc) is 2.88. The van der Waals surface area contributed by atoms with E-state index in [1.54, 1.807) is 0 Å². The lowest BCUT2D eigenvalue weighted by Crippen LogP contribution is -2.59. The minimum atomic E-state index is -1.47. The van der Waals surface area contributed by atoms with Crippen LogP contribution < -0.4 is 0 Å². The number of hydrogen-bond donors (Lipinski definition) is 0. The molecule has 0 aromatic heterocycles. The molecule has 4 aliphatic carbocycles. The molecule has 0 amide bonds. The summed E-state index contributed by atoms with van der Waals surface area (Å²) in [5, 5.41) is 0. The van der Waals surface area contributed by atoms with E-state index in [0.29, 0.717) is 16.9 Å². The first-order valence-electron chi connectivity index (χ1n) is 10.9. The van der Waals surface area contributed by atoms with Crippen molar-refractivity contribution in [3.05, 3.63) is 0 Å². The van der Waals surface area contributed by atoms with E-state index >= 15 is 0 Å². The molecule has 0 unspecified atom stereocenters. The van der Waals surface area contributed by atoms with Crippen LogP contribution in [0.25, 0.3) is 0 Å². The van der Waals surface area contributed by atoms with Crippen molar-refractivity contribution in [2.45, 2.75) is 104 Å². The predicted molar refractivity (Wildman–Crippen MR) is 105 cm³/mol. The summed E-state index contributed by atoms with van der Waals surface area (Å²) in [7, 11) is -1.47. The van der Waals surface area contributed by atoms with Gasteiger partial charge in [-0.1, -0.05) is 26.7 Å². The van der Waals surface area contributed by atoms with E-state index in [4.69, 9.17) is 4.43 Å². The minimum Gasteiger partial charge on any atom is -0.414 e. The minimum absolute atomic E-state index is 0.478. The molecule has 0 aliphatic heterocycles. The van der Waals surface area contributed by atoms with Crippen LogP contribution in [0.5, 0.6) is 0 Å².